The lowest BCUT2D eigenvalue weighted by atomic mass is 10.0. The molecule has 198 valence electrons. The van der Waals surface area contributed by atoms with Gasteiger partial charge in [0.2, 0.25) is 11.8 Å². The number of hydrogen-bond donors (Lipinski definition) is 5. The number of aliphatic hydroxyl groups excluding tert-OH is 2. The molecular formula is C24H28ClFN6O5. The van der Waals surface area contributed by atoms with Crippen molar-refractivity contribution < 1.29 is 29.0 Å². The molecule has 0 radical (unpaired) electrons. The maximum atomic E-state index is 14.5. The van der Waals surface area contributed by atoms with Gasteiger partial charge in [-0.15, -0.1) is 0 Å². The summed E-state index contributed by atoms with van der Waals surface area (Å²) in [4.78, 5) is 39.1. The number of nitrogens with two attached hydrogens (primary N) is 2. The van der Waals surface area contributed by atoms with Crippen molar-refractivity contribution in [2.24, 2.45) is 5.73 Å². The van der Waals surface area contributed by atoms with E-state index in [0.29, 0.717) is 16.6 Å². The first-order chi connectivity index (χ1) is 17.6. The summed E-state index contributed by atoms with van der Waals surface area (Å²) in [6.07, 6.45) is 0.00477. The second-order valence-electron chi connectivity index (χ2n) is 8.48. The van der Waals surface area contributed by atoms with Crippen LogP contribution in [0, 0.1) is 5.82 Å². The van der Waals surface area contributed by atoms with E-state index < -0.39 is 48.8 Å². The average molecular weight is 535 g/mol. The molecule has 2 aromatic carbocycles. The SMILES string of the molecule is C[C@H](CO)N(CC(=O)N[C@@H](CCO)c1cccc(Cl)c1F)C(=O)Cn1nc(C(N)=O)c2cc(N)ccc21. The molecule has 2 atom stereocenters. The van der Waals surface area contributed by atoms with Crippen molar-refractivity contribution in [3.05, 3.63) is 58.5 Å². The van der Waals surface area contributed by atoms with E-state index >= 15 is 0 Å². The summed E-state index contributed by atoms with van der Waals surface area (Å²) in [6.45, 7) is -0.0752. The number of halogens is 2. The van der Waals surface area contributed by atoms with Crippen LogP contribution in [0.1, 0.15) is 35.4 Å². The van der Waals surface area contributed by atoms with E-state index in [1.807, 2.05) is 0 Å². The molecule has 7 N–H and O–H groups in total. The standard InChI is InChI=1S/C24H28ClFN6O5/c1-13(12-34)31(10-20(35)29-18(7-8-33)15-3-2-4-17(25)22(15)26)21(36)11-32-19-6-5-14(27)9-16(19)23(30-32)24(28)37/h2-6,9,13,18,33-34H,7-8,10-12,27H2,1H3,(H2,28,37)(H,29,35)/t13-,18+/m1/s1. The fraction of sp³-hybridized carbons (Fsp3) is 0.333. The summed E-state index contributed by atoms with van der Waals surface area (Å²) in [7, 11) is 0. The minimum absolute atomic E-state index is 0.00477. The number of primary amides is 1. The van der Waals surface area contributed by atoms with Crippen molar-refractivity contribution in [3.8, 4) is 0 Å². The first-order valence-corrected chi connectivity index (χ1v) is 11.7. The van der Waals surface area contributed by atoms with Gasteiger partial charge in [0.15, 0.2) is 5.69 Å². The molecule has 37 heavy (non-hydrogen) atoms. The maximum Gasteiger partial charge on any atom is 0.269 e. The number of carbonyl (C=O) groups excluding carboxylic acids is 3. The Bertz CT molecular complexity index is 1320. The fourth-order valence-electron chi connectivity index (χ4n) is 3.93. The van der Waals surface area contributed by atoms with Gasteiger partial charge in [0.05, 0.1) is 35.8 Å². The number of hydrogen-bond acceptors (Lipinski definition) is 7. The number of amides is 3. The third-order valence-electron chi connectivity index (χ3n) is 5.83. The first kappa shape index (κ1) is 27.8. The zero-order valence-electron chi connectivity index (χ0n) is 20.0. The highest BCUT2D eigenvalue weighted by atomic mass is 35.5. The number of nitrogens with one attached hydrogen (secondary N) is 1. The minimum Gasteiger partial charge on any atom is -0.399 e. The topological polar surface area (TPSA) is 177 Å². The molecular weight excluding hydrogens is 507 g/mol. The second kappa shape index (κ2) is 12.0. The molecule has 0 saturated heterocycles. The minimum atomic E-state index is -0.906. The maximum absolute atomic E-state index is 14.5. The number of nitrogens with zero attached hydrogens (tertiary/aromatic N) is 3. The Balaban J connectivity index is 1.83. The average Bonchev–Trinajstić information content (AvgIpc) is 3.21. The molecule has 0 unspecified atom stereocenters. The van der Waals surface area contributed by atoms with Gasteiger partial charge in [0.1, 0.15) is 12.4 Å². The lowest BCUT2D eigenvalue weighted by molar-refractivity contribution is -0.139. The zero-order valence-corrected chi connectivity index (χ0v) is 20.8. The lowest BCUT2D eigenvalue weighted by Crippen LogP contribution is -2.48. The zero-order chi connectivity index (χ0) is 27.3. The van der Waals surface area contributed by atoms with Gasteiger partial charge in [0.25, 0.3) is 5.91 Å². The van der Waals surface area contributed by atoms with Gasteiger partial charge in [-0.3, -0.25) is 19.1 Å². The number of anilines is 1. The molecule has 0 aliphatic rings. The van der Waals surface area contributed by atoms with Crippen LogP contribution in [0.3, 0.4) is 0 Å². The van der Waals surface area contributed by atoms with E-state index in [4.69, 9.17) is 23.1 Å². The third-order valence-corrected chi connectivity index (χ3v) is 6.13. The molecule has 0 bridgehead atoms. The molecule has 0 spiro atoms. The molecule has 13 heteroatoms. The molecule has 3 amide bonds. The Kier molecular flexibility index (Phi) is 9.03. The van der Waals surface area contributed by atoms with Crippen LogP contribution < -0.4 is 16.8 Å². The highest BCUT2D eigenvalue weighted by Gasteiger charge is 2.27. The van der Waals surface area contributed by atoms with E-state index in [-0.39, 0.29) is 35.9 Å². The summed E-state index contributed by atoms with van der Waals surface area (Å²) in [5, 5.41) is 26.1. The van der Waals surface area contributed by atoms with Crippen molar-refractivity contribution in [2.75, 3.05) is 25.5 Å². The van der Waals surface area contributed by atoms with E-state index in [0.717, 1.165) is 4.90 Å². The predicted molar refractivity (Wildman–Crippen MR) is 135 cm³/mol. The molecule has 1 aromatic heterocycles. The third kappa shape index (κ3) is 6.34. The summed E-state index contributed by atoms with van der Waals surface area (Å²) < 4.78 is 15.8. The molecule has 3 rings (SSSR count). The van der Waals surface area contributed by atoms with Crippen LogP contribution in [-0.4, -0.2) is 68.4 Å². The molecule has 3 aromatic rings. The van der Waals surface area contributed by atoms with Gasteiger partial charge in [-0.1, -0.05) is 23.7 Å². The van der Waals surface area contributed by atoms with Crippen molar-refractivity contribution in [1.29, 1.82) is 0 Å². The largest absolute Gasteiger partial charge is 0.399 e. The monoisotopic (exact) mass is 534 g/mol. The number of aliphatic hydroxyl groups is 2. The van der Waals surface area contributed by atoms with Crippen LogP contribution in [0.15, 0.2) is 36.4 Å². The van der Waals surface area contributed by atoms with E-state index in [1.54, 1.807) is 19.1 Å². The van der Waals surface area contributed by atoms with Crippen molar-refractivity contribution in [3.63, 3.8) is 0 Å². The molecule has 11 nitrogen and oxygen atoms in total. The smallest absolute Gasteiger partial charge is 0.269 e. The van der Waals surface area contributed by atoms with Gasteiger partial charge in [-0.25, -0.2) is 4.39 Å². The van der Waals surface area contributed by atoms with Crippen molar-refractivity contribution in [1.82, 2.24) is 20.0 Å². The normalized spacial score (nSPS) is 12.8. The first-order valence-electron chi connectivity index (χ1n) is 11.4. The van der Waals surface area contributed by atoms with Crippen LogP contribution in [0.4, 0.5) is 10.1 Å². The number of aromatic nitrogens is 2. The summed E-state index contributed by atoms with van der Waals surface area (Å²) >= 11 is 5.85. The van der Waals surface area contributed by atoms with Gasteiger partial charge >= 0.3 is 0 Å². The quantitative estimate of drug-likeness (QED) is 0.227. The van der Waals surface area contributed by atoms with Gasteiger partial charge in [-0.2, -0.15) is 5.10 Å². The highest BCUT2D eigenvalue weighted by Crippen LogP contribution is 2.26. The number of benzene rings is 2. The predicted octanol–water partition coefficient (Wildman–Crippen LogP) is 0.959. The molecule has 0 saturated carbocycles. The number of rotatable bonds is 11. The lowest BCUT2D eigenvalue weighted by Gasteiger charge is -2.29. The van der Waals surface area contributed by atoms with E-state index in [9.17, 15) is 29.0 Å². The van der Waals surface area contributed by atoms with E-state index in [2.05, 4.69) is 10.4 Å². The van der Waals surface area contributed by atoms with Gasteiger partial charge in [0, 0.05) is 23.2 Å². The fourth-order valence-corrected chi connectivity index (χ4v) is 4.11. The Labute approximate surface area is 216 Å². The van der Waals surface area contributed by atoms with Gasteiger partial charge in [-0.05, 0) is 37.6 Å². The van der Waals surface area contributed by atoms with Crippen LogP contribution in [0.25, 0.3) is 10.9 Å². The van der Waals surface area contributed by atoms with Crippen LogP contribution >= 0.6 is 11.6 Å². The summed E-state index contributed by atoms with van der Waals surface area (Å²) in [6, 6.07) is 7.33. The van der Waals surface area contributed by atoms with Gasteiger partial charge < -0.3 is 31.9 Å². The Morgan fingerprint density at radius 1 is 1.24 bits per heavy atom. The van der Waals surface area contributed by atoms with E-state index in [1.165, 1.54) is 28.9 Å². The summed E-state index contributed by atoms with van der Waals surface area (Å²) in [5.74, 6) is -2.76. The molecule has 0 aliphatic carbocycles. The Morgan fingerprint density at radius 2 is 1.97 bits per heavy atom. The Hall–Kier alpha value is -3.74. The molecule has 1 heterocycles. The molecule has 0 fully saturated rings. The number of carbonyl (C=O) groups is 3. The van der Waals surface area contributed by atoms with Crippen molar-refractivity contribution in [2.45, 2.75) is 32.0 Å². The van der Waals surface area contributed by atoms with Crippen LogP contribution in [-0.2, 0) is 16.1 Å². The summed E-state index contributed by atoms with van der Waals surface area (Å²) in [5.41, 5.74) is 12.0. The number of fused-ring (bicyclic) bond motifs is 1. The second-order valence-corrected chi connectivity index (χ2v) is 8.88. The van der Waals surface area contributed by atoms with Crippen molar-refractivity contribution >= 4 is 45.9 Å². The Morgan fingerprint density at radius 3 is 2.62 bits per heavy atom. The molecule has 0 aliphatic heterocycles. The van der Waals surface area contributed by atoms with Crippen LogP contribution in [0.5, 0.6) is 0 Å². The number of nitrogen functional groups attached to an aromatic ring is 1. The van der Waals surface area contributed by atoms with Crippen LogP contribution in [0.2, 0.25) is 5.02 Å². The highest BCUT2D eigenvalue weighted by molar-refractivity contribution is 6.30.